The van der Waals surface area contributed by atoms with Crippen LogP contribution in [0.4, 0.5) is 4.79 Å². The molecule has 0 bridgehead atoms. The molecule has 0 fully saturated rings. The van der Waals surface area contributed by atoms with Crippen molar-refractivity contribution in [3.8, 4) is 11.1 Å². The van der Waals surface area contributed by atoms with Crippen molar-refractivity contribution in [3.63, 3.8) is 0 Å². The molecular weight excluding hydrogens is 452 g/mol. The minimum Gasteiger partial charge on any atom is -0.480 e. The van der Waals surface area contributed by atoms with E-state index in [0.29, 0.717) is 12.3 Å². The van der Waals surface area contributed by atoms with E-state index in [1.54, 1.807) is 11.8 Å². The Hall–Kier alpha value is -3.00. The lowest BCUT2D eigenvalue weighted by atomic mass is 9.98. The lowest BCUT2D eigenvalue weighted by molar-refractivity contribution is -0.144. The Bertz CT molecular complexity index is 980. The maximum absolute atomic E-state index is 12.8. The van der Waals surface area contributed by atoms with Gasteiger partial charge in [-0.2, -0.15) is 11.8 Å². The quantitative estimate of drug-likeness (QED) is 0.496. The van der Waals surface area contributed by atoms with Crippen LogP contribution < -0.4 is 5.32 Å². The maximum Gasteiger partial charge on any atom is 0.407 e. The van der Waals surface area contributed by atoms with Gasteiger partial charge < -0.3 is 20.1 Å². The van der Waals surface area contributed by atoms with Crippen LogP contribution >= 0.6 is 11.8 Å². The molecule has 8 heteroatoms. The molecule has 0 unspecified atom stereocenters. The van der Waals surface area contributed by atoms with Crippen LogP contribution in [0.3, 0.4) is 0 Å². The lowest BCUT2D eigenvalue weighted by Gasteiger charge is -2.26. The van der Waals surface area contributed by atoms with Crippen LogP contribution in [0.25, 0.3) is 11.1 Å². The van der Waals surface area contributed by atoms with E-state index >= 15 is 0 Å². The Morgan fingerprint density at radius 2 is 1.65 bits per heavy atom. The Labute approximate surface area is 204 Å². The number of hydrogen-bond acceptors (Lipinski definition) is 5. The van der Waals surface area contributed by atoms with Crippen molar-refractivity contribution in [2.75, 3.05) is 31.7 Å². The predicted octanol–water partition coefficient (Wildman–Crippen LogP) is 4.22. The highest BCUT2D eigenvalue weighted by molar-refractivity contribution is 7.98. The Kier molecular flexibility index (Phi) is 8.98. The van der Waals surface area contributed by atoms with Crippen LogP contribution in [-0.4, -0.2) is 65.7 Å². The number of rotatable bonds is 11. The summed E-state index contributed by atoms with van der Waals surface area (Å²) < 4.78 is 5.62. The van der Waals surface area contributed by atoms with Gasteiger partial charge in [-0.15, -0.1) is 0 Å². The fourth-order valence-corrected chi connectivity index (χ4v) is 4.62. The van der Waals surface area contributed by atoms with Gasteiger partial charge in [0.15, 0.2) is 0 Å². The van der Waals surface area contributed by atoms with Gasteiger partial charge in [-0.25, -0.2) is 4.79 Å². The van der Waals surface area contributed by atoms with Crippen molar-refractivity contribution in [2.45, 2.75) is 32.2 Å². The number of amides is 2. The molecule has 0 heterocycles. The Balaban J connectivity index is 1.62. The van der Waals surface area contributed by atoms with Gasteiger partial charge >= 0.3 is 12.1 Å². The van der Waals surface area contributed by atoms with E-state index in [1.807, 2.05) is 44.4 Å². The molecule has 0 radical (unpaired) electrons. The van der Waals surface area contributed by atoms with Crippen LogP contribution in [0.2, 0.25) is 0 Å². The molecule has 7 nitrogen and oxygen atoms in total. The molecule has 1 atom stereocenters. The van der Waals surface area contributed by atoms with Gasteiger partial charge in [-0.3, -0.25) is 9.59 Å². The number of benzene rings is 2. The van der Waals surface area contributed by atoms with Crippen molar-refractivity contribution in [1.29, 1.82) is 0 Å². The van der Waals surface area contributed by atoms with E-state index < -0.39 is 18.1 Å². The zero-order valence-corrected chi connectivity index (χ0v) is 20.6. The number of thioether (sulfide) groups is 1. The number of hydrogen-bond donors (Lipinski definition) is 2. The Morgan fingerprint density at radius 1 is 1.06 bits per heavy atom. The van der Waals surface area contributed by atoms with Crippen LogP contribution in [0.1, 0.15) is 37.3 Å². The number of fused-ring (bicyclic) bond motifs is 3. The number of carbonyl (C=O) groups is 3. The van der Waals surface area contributed by atoms with Gasteiger partial charge in [0, 0.05) is 30.7 Å². The molecule has 2 aromatic rings. The highest BCUT2D eigenvalue weighted by Crippen LogP contribution is 2.44. The van der Waals surface area contributed by atoms with E-state index in [2.05, 4.69) is 29.6 Å². The van der Waals surface area contributed by atoms with Crippen LogP contribution in [0.15, 0.2) is 48.5 Å². The molecule has 0 aromatic heterocycles. The van der Waals surface area contributed by atoms with Crippen LogP contribution in [0.5, 0.6) is 0 Å². The third kappa shape index (κ3) is 6.32. The number of nitrogens with one attached hydrogen (secondary N) is 1. The average molecular weight is 485 g/mol. The minimum atomic E-state index is -1.06. The number of carboxylic acid groups (broad SMARTS) is 1. The highest BCUT2D eigenvalue weighted by Gasteiger charge is 2.30. The van der Waals surface area contributed by atoms with Crippen LogP contribution in [0, 0.1) is 5.92 Å². The van der Waals surface area contributed by atoms with E-state index in [0.717, 1.165) is 22.3 Å². The zero-order valence-electron chi connectivity index (χ0n) is 19.8. The third-order valence-corrected chi connectivity index (χ3v) is 6.68. The van der Waals surface area contributed by atoms with E-state index in [9.17, 15) is 14.4 Å². The highest BCUT2D eigenvalue weighted by atomic mass is 32.2. The average Bonchev–Trinajstić information content (AvgIpc) is 3.13. The molecule has 0 saturated heterocycles. The summed E-state index contributed by atoms with van der Waals surface area (Å²) in [4.78, 5) is 38.0. The topological polar surface area (TPSA) is 95.9 Å². The molecule has 1 aliphatic carbocycles. The number of carbonyl (C=O) groups excluding carboxylic acids is 2. The van der Waals surface area contributed by atoms with Crippen molar-refractivity contribution >= 4 is 29.7 Å². The molecule has 2 N–H and O–H groups in total. The third-order valence-electron chi connectivity index (χ3n) is 6.09. The number of aliphatic carboxylic acids is 1. The summed E-state index contributed by atoms with van der Waals surface area (Å²) in [6, 6.07) is 15.8. The normalized spacial score (nSPS) is 13.2. The molecule has 1 aliphatic rings. The van der Waals surface area contributed by atoms with Crippen molar-refractivity contribution < 1.29 is 24.2 Å². The van der Waals surface area contributed by atoms with Crippen molar-refractivity contribution in [3.05, 3.63) is 59.7 Å². The van der Waals surface area contributed by atoms with Gasteiger partial charge in [-0.1, -0.05) is 62.4 Å². The van der Waals surface area contributed by atoms with E-state index in [1.165, 1.54) is 4.90 Å². The van der Waals surface area contributed by atoms with Crippen molar-refractivity contribution in [1.82, 2.24) is 10.2 Å². The summed E-state index contributed by atoms with van der Waals surface area (Å²) in [5, 5.41) is 12.0. The summed E-state index contributed by atoms with van der Waals surface area (Å²) >= 11 is 1.54. The summed E-state index contributed by atoms with van der Waals surface area (Å²) in [5.41, 5.74) is 4.57. The van der Waals surface area contributed by atoms with Gasteiger partial charge in [-0.05, 0) is 34.4 Å². The largest absolute Gasteiger partial charge is 0.480 e. The first-order valence-corrected chi connectivity index (χ1v) is 12.8. The molecule has 0 aliphatic heterocycles. The standard InChI is InChI=1S/C26H32N2O5S/c1-17(2)23(14-24(29)28(12-13-34-3)15-25(30)31)27-26(32)33-16-22-20-10-6-4-8-18(20)19-9-5-7-11-21(19)22/h4-11,17,22-23H,12-16H2,1-3H3,(H,27,32)(H,30,31)/t23-/m1/s1. The minimum absolute atomic E-state index is 0.0174. The fourth-order valence-electron chi connectivity index (χ4n) is 4.22. The molecule has 3 rings (SSSR count). The first-order chi connectivity index (χ1) is 16.3. The monoisotopic (exact) mass is 484 g/mol. The van der Waals surface area contributed by atoms with Gasteiger partial charge in [0.25, 0.3) is 0 Å². The number of alkyl carbamates (subject to hydrolysis) is 1. The molecule has 182 valence electrons. The number of carboxylic acids is 1. The molecule has 2 aromatic carbocycles. The second-order valence-corrected chi connectivity index (χ2v) is 9.71. The molecule has 2 amide bonds. The zero-order chi connectivity index (χ0) is 24.7. The van der Waals surface area contributed by atoms with Gasteiger partial charge in [0.1, 0.15) is 13.2 Å². The predicted molar refractivity (Wildman–Crippen MR) is 134 cm³/mol. The summed E-state index contributed by atoms with van der Waals surface area (Å²) in [6.07, 6.45) is 1.34. The molecular formula is C26H32N2O5S. The second kappa shape index (κ2) is 11.9. The van der Waals surface area contributed by atoms with Crippen LogP contribution in [-0.2, 0) is 14.3 Å². The van der Waals surface area contributed by atoms with E-state index in [4.69, 9.17) is 9.84 Å². The second-order valence-electron chi connectivity index (χ2n) is 8.73. The maximum atomic E-state index is 12.8. The SMILES string of the molecule is CSCCN(CC(=O)O)C(=O)C[C@@H](NC(=O)OCC1c2ccccc2-c2ccccc21)C(C)C. The fraction of sp³-hybridized carbons (Fsp3) is 0.423. The van der Waals surface area contributed by atoms with E-state index in [-0.39, 0.29) is 37.3 Å². The molecule has 0 spiro atoms. The first-order valence-electron chi connectivity index (χ1n) is 11.4. The summed E-state index contributed by atoms with van der Waals surface area (Å²) in [5.74, 6) is -0.786. The summed E-state index contributed by atoms with van der Waals surface area (Å²) in [6.45, 7) is 4.00. The van der Waals surface area contributed by atoms with Crippen molar-refractivity contribution in [2.24, 2.45) is 5.92 Å². The molecule has 34 heavy (non-hydrogen) atoms. The molecule has 0 saturated carbocycles. The first kappa shape index (κ1) is 25.6. The Morgan fingerprint density at radius 3 is 2.18 bits per heavy atom. The van der Waals surface area contributed by atoms with Gasteiger partial charge in [0.2, 0.25) is 5.91 Å². The summed E-state index contributed by atoms with van der Waals surface area (Å²) in [7, 11) is 0. The number of nitrogens with zero attached hydrogens (tertiary/aromatic N) is 1. The lowest BCUT2D eigenvalue weighted by Crippen LogP contribution is -2.45. The smallest absolute Gasteiger partial charge is 0.407 e. The van der Waals surface area contributed by atoms with Gasteiger partial charge in [0.05, 0.1) is 0 Å². The number of ether oxygens (including phenoxy) is 1.